The van der Waals surface area contributed by atoms with E-state index in [1.807, 2.05) is 0 Å². The first-order chi connectivity index (χ1) is 13.8. The molecule has 20 heteroatoms. The molecule has 0 saturated heterocycles. The molecule has 1 atom stereocenters. The Bertz CT molecular complexity index is 688. The Balaban J connectivity index is 6.24. The number of hydrogen-bond donors (Lipinski definition) is 0. The van der Waals surface area contributed by atoms with Crippen LogP contribution in [-0.4, -0.2) is 60.0 Å². The third-order valence-electron chi connectivity index (χ3n) is 3.83. The lowest BCUT2D eigenvalue weighted by atomic mass is 9.93. The standard InChI is InChI=1S/C13H10F18O2/c1-4(6(14,15)10(22,23)24)32-12(28,29)8(18,19)7(16,17)5(2,3)33-13(30,31)9(20,21)11(25,26)27/h4H,1-3H3. The fourth-order valence-corrected chi connectivity index (χ4v) is 1.77. The van der Waals surface area contributed by atoms with Crippen LogP contribution in [0.15, 0.2) is 0 Å². The van der Waals surface area contributed by atoms with Crippen molar-refractivity contribution in [2.75, 3.05) is 0 Å². The minimum absolute atomic E-state index is 0.630. The number of halogens is 18. The van der Waals surface area contributed by atoms with Crippen molar-refractivity contribution in [2.24, 2.45) is 0 Å². The summed E-state index contributed by atoms with van der Waals surface area (Å²) in [4.78, 5) is 0. The maximum atomic E-state index is 14.0. The van der Waals surface area contributed by atoms with Crippen LogP contribution in [0.5, 0.6) is 0 Å². The molecule has 33 heavy (non-hydrogen) atoms. The molecule has 0 fully saturated rings. The van der Waals surface area contributed by atoms with Gasteiger partial charge in [0.2, 0.25) is 0 Å². The Morgan fingerprint density at radius 2 is 0.848 bits per heavy atom. The second-order valence-corrected chi connectivity index (χ2v) is 6.75. The molecule has 0 heterocycles. The van der Waals surface area contributed by atoms with Gasteiger partial charge in [0.1, 0.15) is 11.7 Å². The van der Waals surface area contributed by atoms with E-state index in [1.165, 1.54) is 0 Å². The third kappa shape index (κ3) is 5.19. The highest BCUT2D eigenvalue weighted by atomic mass is 19.4. The Kier molecular flexibility index (Phi) is 7.78. The molecule has 0 saturated carbocycles. The van der Waals surface area contributed by atoms with Gasteiger partial charge in [-0.25, -0.2) is 0 Å². The van der Waals surface area contributed by atoms with E-state index >= 15 is 0 Å². The van der Waals surface area contributed by atoms with Crippen molar-refractivity contribution in [3.8, 4) is 0 Å². The van der Waals surface area contributed by atoms with E-state index in [1.54, 1.807) is 0 Å². The Morgan fingerprint density at radius 1 is 0.485 bits per heavy atom. The zero-order valence-electron chi connectivity index (χ0n) is 15.7. The van der Waals surface area contributed by atoms with Crippen LogP contribution in [0.1, 0.15) is 20.8 Å². The van der Waals surface area contributed by atoms with E-state index in [0.29, 0.717) is 0 Å². The van der Waals surface area contributed by atoms with Crippen molar-refractivity contribution in [2.45, 2.75) is 80.7 Å². The van der Waals surface area contributed by atoms with Gasteiger partial charge < -0.3 is 9.47 Å². The van der Waals surface area contributed by atoms with E-state index in [9.17, 15) is 79.0 Å². The van der Waals surface area contributed by atoms with Gasteiger partial charge in [0, 0.05) is 0 Å². The fraction of sp³-hybridized carbons (Fsp3) is 1.00. The average molecular weight is 540 g/mol. The number of rotatable bonds is 9. The van der Waals surface area contributed by atoms with E-state index in [2.05, 4.69) is 9.47 Å². The summed E-state index contributed by atoms with van der Waals surface area (Å²) in [5.41, 5.74) is -5.09. The molecule has 1 unspecified atom stereocenters. The molecule has 0 aliphatic heterocycles. The molecule has 0 N–H and O–H groups in total. The molecule has 0 aromatic carbocycles. The Hall–Kier alpha value is -1.34. The Labute approximate surface area is 170 Å². The lowest BCUT2D eigenvalue weighted by Crippen LogP contribution is -2.68. The monoisotopic (exact) mass is 540 g/mol. The minimum Gasteiger partial charge on any atom is -0.306 e. The summed E-state index contributed by atoms with van der Waals surface area (Å²) >= 11 is 0. The largest absolute Gasteiger partial charge is 0.462 e. The van der Waals surface area contributed by atoms with Crippen LogP contribution < -0.4 is 0 Å². The minimum atomic E-state index is -7.40. The van der Waals surface area contributed by atoms with Gasteiger partial charge in [0.15, 0.2) is 0 Å². The van der Waals surface area contributed by atoms with Crippen molar-refractivity contribution in [1.82, 2.24) is 0 Å². The van der Waals surface area contributed by atoms with Crippen molar-refractivity contribution in [3.05, 3.63) is 0 Å². The molecule has 0 radical (unpaired) electrons. The number of alkyl halides is 18. The summed E-state index contributed by atoms with van der Waals surface area (Å²) in [7, 11) is 0. The quantitative estimate of drug-likeness (QED) is 0.293. The summed E-state index contributed by atoms with van der Waals surface area (Å²) in [5, 5.41) is 0. The van der Waals surface area contributed by atoms with E-state index in [-0.39, 0.29) is 0 Å². The topological polar surface area (TPSA) is 18.5 Å². The molecular weight excluding hydrogens is 530 g/mol. The first kappa shape index (κ1) is 31.7. The van der Waals surface area contributed by atoms with Crippen LogP contribution in [0.25, 0.3) is 0 Å². The van der Waals surface area contributed by atoms with Crippen LogP contribution in [0.3, 0.4) is 0 Å². The summed E-state index contributed by atoms with van der Waals surface area (Å²) < 4.78 is 237. The van der Waals surface area contributed by atoms with Gasteiger partial charge in [0.25, 0.3) is 0 Å². The van der Waals surface area contributed by atoms with Gasteiger partial charge in [-0.3, -0.25) is 0 Å². The molecule has 0 aromatic heterocycles. The molecule has 0 spiro atoms. The van der Waals surface area contributed by atoms with Crippen LogP contribution in [-0.2, 0) is 9.47 Å². The summed E-state index contributed by atoms with van der Waals surface area (Å²) in [6, 6.07) is 0. The second-order valence-electron chi connectivity index (χ2n) is 6.75. The van der Waals surface area contributed by atoms with Crippen LogP contribution >= 0.6 is 0 Å². The molecule has 2 nitrogen and oxygen atoms in total. The summed E-state index contributed by atoms with van der Waals surface area (Å²) in [5.74, 6) is -28.1. The van der Waals surface area contributed by atoms with Crippen molar-refractivity contribution < 1.29 is 88.5 Å². The molecule has 0 amide bonds. The van der Waals surface area contributed by atoms with Gasteiger partial charge in [-0.15, -0.1) is 0 Å². The maximum absolute atomic E-state index is 14.0. The third-order valence-corrected chi connectivity index (χ3v) is 3.83. The summed E-state index contributed by atoms with van der Waals surface area (Å²) in [6.45, 7) is -2.23. The molecule has 200 valence electrons. The highest BCUT2D eigenvalue weighted by molar-refractivity contribution is 5.04. The van der Waals surface area contributed by atoms with Crippen molar-refractivity contribution in [1.29, 1.82) is 0 Å². The zero-order chi connectivity index (χ0) is 27.5. The molecule has 0 aliphatic carbocycles. The van der Waals surface area contributed by atoms with Gasteiger partial charge in [-0.05, 0) is 20.8 Å². The Morgan fingerprint density at radius 3 is 1.15 bits per heavy atom. The summed E-state index contributed by atoms with van der Waals surface area (Å²) in [6.07, 6.45) is -32.5. The highest BCUT2D eigenvalue weighted by Gasteiger charge is 2.82. The van der Waals surface area contributed by atoms with E-state index < -0.39 is 80.7 Å². The molecule has 0 aromatic rings. The van der Waals surface area contributed by atoms with Gasteiger partial charge in [-0.2, -0.15) is 79.0 Å². The highest BCUT2D eigenvalue weighted by Crippen LogP contribution is 2.56. The molecule has 0 rings (SSSR count). The van der Waals surface area contributed by atoms with Crippen molar-refractivity contribution >= 4 is 0 Å². The van der Waals surface area contributed by atoms with Crippen molar-refractivity contribution in [3.63, 3.8) is 0 Å². The van der Waals surface area contributed by atoms with Crippen LogP contribution in [0.2, 0.25) is 0 Å². The smallest absolute Gasteiger partial charge is 0.306 e. The second kappa shape index (κ2) is 8.11. The molecule has 0 aliphatic rings. The number of hydrogen-bond acceptors (Lipinski definition) is 2. The lowest BCUT2D eigenvalue weighted by Gasteiger charge is -2.43. The zero-order valence-corrected chi connectivity index (χ0v) is 15.7. The first-order valence-electron chi connectivity index (χ1n) is 7.62. The predicted octanol–water partition coefficient (Wildman–Crippen LogP) is 7.04. The van der Waals surface area contributed by atoms with Gasteiger partial charge in [-0.1, -0.05) is 0 Å². The SMILES string of the molecule is CC(OC(F)(F)C(F)(F)C(F)(F)C(C)(C)OC(F)(F)C(F)(F)C(F)(F)F)C(F)(F)C(F)(F)F. The normalized spacial score (nSPS) is 17.4. The van der Waals surface area contributed by atoms with Crippen LogP contribution in [0, 0.1) is 0 Å². The predicted molar refractivity (Wildman–Crippen MR) is 67.5 cm³/mol. The van der Waals surface area contributed by atoms with E-state index in [0.717, 1.165) is 0 Å². The maximum Gasteiger partial charge on any atom is 0.462 e. The molecular formula is C13H10F18O2. The molecule has 0 bridgehead atoms. The fourth-order valence-electron chi connectivity index (χ4n) is 1.77. The van der Waals surface area contributed by atoms with E-state index in [4.69, 9.17) is 0 Å². The first-order valence-corrected chi connectivity index (χ1v) is 7.62. The number of ether oxygens (including phenoxy) is 2. The van der Waals surface area contributed by atoms with Crippen LogP contribution in [0.4, 0.5) is 79.0 Å². The lowest BCUT2D eigenvalue weighted by molar-refractivity contribution is -0.481. The van der Waals surface area contributed by atoms with Gasteiger partial charge >= 0.3 is 48.3 Å². The van der Waals surface area contributed by atoms with Gasteiger partial charge in [0.05, 0.1) is 0 Å². The average Bonchev–Trinajstić information content (AvgIpc) is 2.50.